The molecule has 1 aliphatic rings. The molecule has 0 radical (unpaired) electrons. The van der Waals surface area contributed by atoms with Gasteiger partial charge in [-0.2, -0.15) is 0 Å². The van der Waals surface area contributed by atoms with Crippen molar-refractivity contribution in [2.45, 2.75) is 18.5 Å². The first-order valence-corrected chi connectivity index (χ1v) is 7.98. The molecule has 1 saturated heterocycles. The summed E-state index contributed by atoms with van der Waals surface area (Å²) in [7, 11) is 1.31. The molecule has 2 atom stereocenters. The molecule has 0 aromatic heterocycles. The summed E-state index contributed by atoms with van der Waals surface area (Å²) in [4.78, 5) is 13.9. The van der Waals surface area contributed by atoms with Gasteiger partial charge in [-0.05, 0) is 29.3 Å². The van der Waals surface area contributed by atoms with Crippen LogP contribution in [0.4, 0.5) is 4.39 Å². The van der Waals surface area contributed by atoms with Gasteiger partial charge in [-0.25, -0.2) is 9.18 Å². The van der Waals surface area contributed by atoms with Gasteiger partial charge in [-0.15, -0.1) is 0 Å². The number of nitrogens with two attached hydrogens (primary N) is 1. The lowest BCUT2D eigenvalue weighted by Crippen LogP contribution is -2.29. The van der Waals surface area contributed by atoms with Crippen LogP contribution in [0.25, 0.3) is 0 Å². The third kappa shape index (κ3) is 3.47. The Balaban J connectivity index is 1.79. The van der Waals surface area contributed by atoms with Gasteiger partial charge in [-0.3, -0.25) is 4.90 Å². The number of carbonyl (C=O) groups is 1. The lowest BCUT2D eigenvalue weighted by Gasteiger charge is -2.17. The summed E-state index contributed by atoms with van der Waals surface area (Å²) in [6.07, 6.45) is 0. The molecule has 0 saturated carbocycles. The number of rotatable bonds is 4. The Morgan fingerprint density at radius 2 is 2.00 bits per heavy atom. The second-order valence-electron chi connectivity index (χ2n) is 6.18. The van der Waals surface area contributed by atoms with E-state index in [1.807, 2.05) is 18.2 Å². The molecule has 2 N–H and O–H groups in total. The van der Waals surface area contributed by atoms with E-state index >= 15 is 0 Å². The number of methoxy groups -OCH3 is 1. The van der Waals surface area contributed by atoms with Gasteiger partial charge in [0.2, 0.25) is 0 Å². The van der Waals surface area contributed by atoms with Crippen LogP contribution < -0.4 is 5.73 Å². The molecule has 2 aromatic carbocycles. The molecule has 1 heterocycles. The maximum absolute atomic E-state index is 14.3. The van der Waals surface area contributed by atoms with Gasteiger partial charge < -0.3 is 10.5 Å². The largest absolute Gasteiger partial charge is 0.465 e. The van der Waals surface area contributed by atoms with Crippen LogP contribution in [-0.4, -0.2) is 37.1 Å². The average molecular weight is 328 g/mol. The van der Waals surface area contributed by atoms with Crippen LogP contribution in [0.15, 0.2) is 48.5 Å². The van der Waals surface area contributed by atoms with E-state index in [2.05, 4.69) is 17.0 Å². The Bertz CT molecular complexity index is 721. The van der Waals surface area contributed by atoms with E-state index in [1.54, 1.807) is 6.07 Å². The number of hydrogen-bond acceptors (Lipinski definition) is 4. The van der Waals surface area contributed by atoms with Crippen LogP contribution in [0.5, 0.6) is 0 Å². The Morgan fingerprint density at radius 1 is 1.25 bits per heavy atom. The van der Waals surface area contributed by atoms with Crippen LogP contribution in [0, 0.1) is 5.82 Å². The van der Waals surface area contributed by atoms with E-state index in [0.29, 0.717) is 24.2 Å². The number of halogens is 1. The molecule has 0 aliphatic carbocycles. The van der Waals surface area contributed by atoms with Gasteiger partial charge in [0.1, 0.15) is 5.82 Å². The maximum atomic E-state index is 14.3. The Hall–Kier alpha value is -2.24. The van der Waals surface area contributed by atoms with Crippen molar-refractivity contribution in [2.75, 3.05) is 20.2 Å². The first kappa shape index (κ1) is 16.6. The van der Waals surface area contributed by atoms with Crippen molar-refractivity contribution in [3.8, 4) is 0 Å². The highest BCUT2D eigenvalue weighted by Gasteiger charge is 2.33. The lowest BCUT2D eigenvalue weighted by atomic mass is 9.93. The van der Waals surface area contributed by atoms with E-state index in [0.717, 1.165) is 6.54 Å². The maximum Gasteiger partial charge on any atom is 0.337 e. The summed E-state index contributed by atoms with van der Waals surface area (Å²) in [5, 5.41) is 0. The fraction of sp³-hybridized carbons (Fsp3) is 0.316. The molecular formula is C19H21FN2O2. The van der Waals surface area contributed by atoms with Crippen molar-refractivity contribution in [1.82, 2.24) is 4.90 Å². The highest BCUT2D eigenvalue weighted by molar-refractivity contribution is 5.89. The van der Waals surface area contributed by atoms with Crippen molar-refractivity contribution in [1.29, 1.82) is 0 Å². The molecule has 2 aromatic rings. The van der Waals surface area contributed by atoms with Crippen LogP contribution in [-0.2, 0) is 11.3 Å². The minimum Gasteiger partial charge on any atom is -0.465 e. The minimum atomic E-state index is -0.469. The third-order valence-corrected chi connectivity index (χ3v) is 4.51. The predicted molar refractivity (Wildman–Crippen MR) is 90.2 cm³/mol. The molecule has 0 amide bonds. The van der Waals surface area contributed by atoms with Crippen molar-refractivity contribution >= 4 is 5.97 Å². The second-order valence-corrected chi connectivity index (χ2v) is 6.18. The highest BCUT2D eigenvalue weighted by Crippen LogP contribution is 2.30. The zero-order chi connectivity index (χ0) is 17.1. The lowest BCUT2D eigenvalue weighted by molar-refractivity contribution is 0.0600. The number of hydrogen-bond donors (Lipinski definition) is 1. The number of likely N-dealkylation sites (tertiary alicyclic amines) is 1. The van der Waals surface area contributed by atoms with Gasteiger partial charge in [0.15, 0.2) is 0 Å². The van der Waals surface area contributed by atoms with Crippen molar-refractivity contribution in [2.24, 2.45) is 5.73 Å². The third-order valence-electron chi connectivity index (χ3n) is 4.51. The number of benzene rings is 2. The van der Waals surface area contributed by atoms with E-state index in [4.69, 9.17) is 10.5 Å². The first-order valence-electron chi connectivity index (χ1n) is 7.98. The summed E-state index contributed by atoms with van der Waals surface area (Å²) < 4.78 is 19.0. The zero-order valence-corrected chi connectivity index (χ0v) is 13.6. The molecule has 0 spiro atoms. The smallest absolute Gasteiger partial charge is 0.337 e. The van der Waals surface area contributed by atoms with E-state index in [9.17, 15) is 9.18 Å². The quantitative estimate of drug-likeness (QED) is 0.877. The van der Waals surface area contributed by atoms with Crippen molar-refractivity contribution in [3.05, 3.63) is 71.0 Å². The molecule has 4 nitrogen and oxygen atoms in total. The van der Waals surface area contributed by atoms with Gasteiger partial charge in [0.25, 0.3) is 0 Å². The van der Waals surface area contributed by atoms with Crippen LogP contribution in [0.3, 0.4) is 0 Å². The number of nitrogens with zero attached hydrogens (tertiary/aromatic N) is 1. The second kappa shape index (κ2) is 7.11. The fourth-order valence-corrected chi connectivity index (χ4v) is 3.29. The molecule has 126 valence electrons. The summed E-state index contributed by atoms with van der Waals surface area (Å²) in [6, 6.07) is 14.3. The predicted octanol–water partition coefficient (Wildman–Crippen LogP) is 2.54. The van der Waals surface area contributed by atoms with E-state index in [1.165, 1.54) is 24.8 Å². The SMILES string of the molecule is COC(=O)c1ccc(F)c(C2CN(Cc3ccccc3)CC2N)c1. The van der Waals surface area contributed by atoms with Gasteiger partial charge in [0, 0.05) is 31.6 Å². The standard InChI is InChI=1S/C19H21FN2O2/c1-24-19(23)14-7-8-17(20)15(9-14)16-11-22(12-18(16)21)10-13-5-3-2-4-6-13/h2-9,16,18H,10-12,21H2,1H3. The zero-order valence-electron chi connectivity index (χ0n) is 13.6. The van der Waals surface area contributed by atoms with Crippen LogP contribution in [0.1, 0.15) is 27.4 Å². The highest BCUT2D eigenvalue weighted by atomic mass is 19.1. The average Bonchev–Trinajstić information content (AvgIpc) is 2.95. The molecule has 2 unspecified atom stereocenters. The molecule has 24 heavy (non-hydrogen) atoms. The molecule has 0 bridgehead atoms. The minimum absolute atomic E-state index is 0.140. The summed E-state index contributed by atoms with van der Waals surface area (Å²) >= 11 is 0. The van der Waals surface area contributed by atoms with Gasteiger partial charge in [-0.1, -0.05) is 30.3 Å². The molecule has 1 fully saturated rings. The number of ether oxygens (including phenoxy) is 1. The molecule has 1 aliphatic heterocycles. The van der Waals surface area contributed by atoms with Crippen molar-refractivity contribution < 1.29 is 13.9 Å². The number of esters is 1. The van der Waals surface area contributed by atoms with Crippen LogP contribution >= 0.6 is 0 Å². The Kier molecular flexibility index (Phi) is 4.92. The number of carbonyl (C=O) groups excluding carboxylic acids is 1. The summed E-state index contributed by atoms with van der Waals surface area (Å²) in [6.45, 7) is 2.14. The Morgan fingerprint density at radius 3 is 2.71 bits per heavy atom. The first-order chi connectivity index (χ1) is 11.6. The topological polar surface area (TPSA) is 55.6 Å². The summed E-state index contributed by atoms with van der Waals surface area (Å²) in [5.41, 5.74) is 8.30. The van der Waals surface area contributed by atoms with Gasteiger partial charge >= 0.3 is 5.97 Å². The molecule has 5 heteroatoms. The molecular weight excluding hydrogens is 307 g/mol. The van der Waals surface area contributed by atoms with Crippen molar-refractivity contribution in [3.63, 3.8) is 0 Å². The fourth-order valence-electron chi connectivity index (χ4n) is 3.29. The van der Waals surface area contributed by atoms with Crippen LogP contribution in [0.2, 0.25) is 0 Å². The Labute approximate surface area is 141 Å². The monoisotopic (exact) mass is 328 g/mol. The van der Waals surface area contributed by atoms with E-state index < -0.39 is 5.97 Å². The van der Waals surface area contributed by atoms with E-state index in [-0.39, 0.29) is 17.8 Å². The summed E-state index contributed by atoms with van der Waals surface area (Å²) in [5.74, 6) is -0.938. The molecule has 3 rings (SSSR count). The normalized spacial score (nSPS) is 21.0. The van der Waals surface area contributed by atoms with Gasteiger partial charge in [0.05, 0.1) is 12.7 Å².